The molecule has 0 aromatic carbocycles. The Kier molecular flexibility index (Phi) is 4.82. The van der Waals surface area contributed by atoms with Crippen molar-refractivity contribution in [2.75, 3.05) is 0 Å². The largest absolute Gasteiger partial charge is 0.481 e. The lowest BCUT2D eigenvalue weighted by Gasteiger charge is -2.26. The molecule has 2 nitrogen and oxygen atoms in total. The second kappa shape index (κ2) is 4.89. The monoisotopic (exact) mass is 204 g/mol. The smallest absolute Gasteiger partial charge is 0.307 e. The molecule has 0 aliphatic carbocycles. The van der Waals surface area contributed by atoms with E-state index in [1.54, 1.807) is 0 Å². The van der Waals surface area contributed by atoms with Crippen molar-refractivity contribution >= 4 is 18.6 Å². The van der Waals surface area contributed by atoms with Crippen LogP contribution in [0.4, 0.5) is 0 Å². The van der Waals surface area contributed by atoms with Crippen LogP contribution in [0.1, 0.15) is 40.5 Å². The van der Waals surface area contributed by atoms with Gasteiger partial charge in [-0.2, -0.15) is 12.6 Å². The standard InChI is InChI=1S/C10H20O2S/c1-7(2)5-6-8(9(11)12)10(3,4)13/h7-8,13H,5-6H2,1-4H3,(H,11,12). The Bertz CT molecular complexity index is 170. The van der Waals surface area contributed by atoms with Crippen molar-refractivity contribution in [3.8, 4) is 0 Å². The highest BCUT2D eigenvalue weighted by atomic mass is 32.1. The van der Waals surface area contributed by atoms with Gasteiger partial charge in [0.05, 0.1) is 5.92 Å². The molecule has 1 atom stereocenters. The van der Waals surface area contributed by atoms with Crippen molar-refractivity contribution in [3.63, 3.8) is 0 Å². The van der Waals surface area contributed by atoms with Crippen molar-refractivity contribution in [2.45, 2.75) is 45.3 Å². The zero-order chi connectivity index (χ0) is 10.6. The van der Waals surface area contributed by atoms with E-state index in [1.165, 1.54) is 0 Å². The highest BCUT2D eigenvalue weighted by Crippen LogP contribution is 2.29. The van der Waals surface area contributed by atoms with Gasteiger partial charge in [0.2, 0.25) is 0 Å². The molecule has 0 spiro atoms. The predicted octanol–water partition coefficient (Wildman–Crippen LogP) is 2.83. The summed E-state index contributed by atoms with van der Waals surface area (Å²) in [5.74, 6) is -0.531. The van der Waals surface area contributed by atoms with Crippen LogP contribution in [-0.4, -0.2) is 15.8 Å². The van der Waals surface area contributed by atoms with Gasteiger partial charge >= 0.3 is 5.97 Å². The highest BCUT2D eigenvalue weighted by molar-refractivity contribution is 7.81. The first-order valence-electron chi connectivity index (χ1n) is 4.70. The molecule has 0 saturated heterocycles. The van der Waals surface area contributed by atoms with E-state index in [9.17, 15) is 4.79 Å². The lowest BCUT2D eigenvalue weighted by atomic mass is 9.88. The molecule has 0 fully saturated rings. The Hall–Kier alpha value is -0.180. The first kappa shape index (κ1) is 12.8. The number of rotatable bonds is 5. The van der Waals surface area contributed by atoms with E-state index in [2.05, 4.69) is 26.5 Å². The molecule has 1 unspecified atom stereocenters. The van der Waals surface area contributed by atoms with Crippen molar-refractivity contribution in [3.05, 3.63) is 0 Å². The average Bonchev–Trinajstić information content (AvgIpc) is 1.81. The van der Waals surface area contributed by atoms with Gasteiger partial charge < -0.3 is 5.11 Å². The van der Waals surface area contributed by atoms with E-state index in [4.69, 9.17) is 5.11 Å². The Balaban J connectivity index is 4.20. The quantitative estimate of drug-likeness (QED) is 0.676. The van der Waals surface area contributed by atoms with Gasteiger partial charge in [-0.1, -0.05) is 34.1 Å². The number of carboxylic acid groups (broad SMARTS) is 1. The third-order valence-electron chi connectivity index (χ3n) is 2.18. The van der Waals surface area contributed by atoms with Gasteiger partial charge in [0.1, 0.15) is 0 Å². The fraction of sp³-hybridized carbons (Fsp3) is 0.900. The normalized spacial score (nSPS) is 14.6. The summed E-state index contributed by atoms with van der Waals surface area (Å²) in [6.45, 7) is 7.92. The molecule has 0 aromatic rings. The summed E-state index contributed by atoms with van der Waals surface area (Å²) in [5.41, 5.74) is 0. The van der Waals surface area contributed by atoms with Crippen LogP contribution in [0.25, 0.3) is 0 Å². The zero-order valence-corrected chi connectivity index (χ0v) is 9.77. The Morgan fingerprint density at radius 3 is 2.08 bits per heavy atom. The summed E-state index contributed by atoms with van der Waals surface area (Å²) in [5, 5.41) is 8.97. The van der Waals surface area contributed by atoms with Gasteiger partial charge in [0.15, 0.2) is 0 Å². The first-order chi connectivity index (χ1) is 5.75. The zero-order valence-electron chi connectivity index (χ0n) is 8.87. The molecule has 78 valence electrons. The SMILES string of the molecule is CC(C)CCC(C(=O)O)C(C)(C)S. The number of carboxylic acids is 1. The van der Waals surface area contributed by atoms with Crippen molar-refractivity contribution < 1.29 is 9.90 Å². The molecule has 0 radical (unpaired) electrons. The molecule has 0 amide bonds. The van der Waals surface area contributed by atoms with Crippen molar-refractivity contribution in [2.24, 2.45) is 11.8 Å². The summed E-state index contributed by atoms with van der Waals surface area (Å²) in [4.78, 5) is 10.9. The van der Waals surface area contributed by atoms with Gasteiger partial charge in [0.25, 0.3) is 0 Å². The summed E-state index contributed by atoms with van der Waals surface area (Å²) >= 11 is 4.31. The maximum Gasteiger partial charge on any atom is 0.307 e. The Morgan fingerprint density at radius 2 is 1.85 bits per heavy atom. The number of hydrogen-bond donors (Lipinski definition) is 2. The van der Waals surface area contributed by atoms with Crippen molar-refractivity contribution in [1.29, 1.82) is 0 Å². The molecule has 0 rings (SSSR count). The first-order valence-corrected chi connectivity index (χ1v) is 5.15. The fourth-order valence-electron chi connectivity index (χ4n) is 1.28. The molecular formula is C10H20O2S. The lowest BCUT2D eigenvalue weighted by molar-refractivity contribution is -0.142. The van der Waals surface area contributed by atoms with Crippen LogP contribution in [0.5, 0.6) is 0 Å². The topological polar surface area (TPSA) is 37.3 Å². The number of thiol groups is 1. The predicted molar refractivity (Wildman–Crippen MR) is 58.3 cm³/mol. The van der Waals surface area contributed by atoms with Crippen LogP contribution in [0, 0.1) is 11.8 Å². The molecule has 0 heterocycles. The Morgan fingerprint density at radius 1 is 1.38 bits per heavy atom. The summed E-state index contributed by atoms with van der Waals surface area (Å²) in [7, 11) is 0. The number of hydrogen-bond acceptors (Lipinski definition) is 2. The number of carbonyl (C=O) groups is 1. The second-order valence-corrected chi connectivity index (χ2v) is 5.67. The van der Waals surface area contributed by atoms with E-state index in [1.807, 2.05) is 13.8 Å². The van der Waals surface area contributed by atoms with Gasteiger partial charge in [-0.3, -0.25) is 4.79 Å². The van der Waals surface area contributed by atoms with E-state index >= 15 is 0 Å². The third-order valence-corrected chi connectivity index (χ3v) is 2.50. The lowest BCUT2D eigenvalue weighted by Crippen LogP contribution is -2.32. The molecular weight excluding hydrogens is 184 g/mol. The molecule has 0 bridgehead atoms. The van der Waals surface area contributed by atoms with Crippen LogP contribution in [0.2, 0.25) is 0 Å². The van der Waals surface area contributed by atoms with E-state index in [0.717, 1.165) is 6.42 Å². The van der Waals surface area contributed by atoms with Crippen molar-refractivity contribution in [1.82, 2.24) is 0 Å². The summed E-state index contributed by atoms with van der Waals surface area (Å²) in [6.07, 6.45) is 1.66. The second-order valence-electron chi connectivity index (χ2n) is 4.52. The summed E-state index contributed by atoms with van der Waals surface area (Å²) < 4.78 is -0.430. The van der Waals surface area contributed by atoms with Gasteiger partial charge in [-0.25, -0.2) is 0 Å². The minimum atomic E-state index is -0.736. The minimum absolute atomic E-state index is 0.349. The van der Waals surface area contributed by atoms with E-state index in [0.29, 0.717) is 12.3 Å². The fourth-order valence-corrected chi connectivity index (χ4v) is 1.52. The summed E-state index contributed by atoms with van der Waals surface area (Å²) in [6, 6.07) is 0. The average molecular weight is 204 g/mol. The Labute approximate surface area is 86.1 Å². The van der Waals surface area contributed by atoms with Crippen LogP contribution in [0.15, 0.2) is 0 Å². The molecule has 0 aromatic heterocycles. The molecule has 0 saturated carbocycles. The highest BCUT2D eigenvalue weighted by Gasteiger charge is 2.31. The van der Waals surface area contributed by atoms with Gasteiger partial charge in [0, 0.05) is 4.75 Å². The molecule has 13 heavy (non-hydrogen) atoms. The van der Waals surface area contributed by atoms with Gasteiger partial charge in [-0.15, -0.1) is 0 Å². The third kappa shape index (κ3) is 5.19. The molecule has 0 aliphatic rings. The van der Waals surface area contributed by atoms with Crippen LogP contribution in [-0.2, 0) is 4.79 Å². The molecule has 3 heteroatoms. The van der Waals surface area contributed by atoms with Gasteiger partial charge in [-0.05, 0) is 12.3 Å². The maximum atomic E-state index is 10.9. The molecule has 0 aliphatic heterocycles. The van der Waals surface area contributed by atoms with E-state index < -0.39 is 10.7 Å². The molecule has 1 N–H and O–H groups in total. The van der Waals surface area contributed by atoms with Crippen LogP contribution < -0.4 is 0 Å². The van der Waals surface area contributed by atoms with E-state index in [-0.39, 0.29) is 5.92 Å². The van der Waals surface area contributed by atoms with Crippen LogP contribution >= 0.6 is 12.6 Å². The minimum Gasteiger partial charge on any atom is -0.481 e. The maximum absolute atomic E-state index is 10.9. The van der Waals surface area contributed by atoms with Crippen LogP contribution in [0.3, 0.4) is 0 Å². The number of aliphatic carboxylic acids is 1.